The van der Waals surface area contributed by atoms with Crippen molar-refractivity contribution in [3.63, 3.8) is 0 Å². The van der Waals surface area contributed by atoms with Crippen LogP contribution < -0.4 is 5.56 Å². The fourth-order valence-corrected chi connectivity index (χ4v) is 5.24. The number of halogens is 1. The molecule has 0 spiro atoms. The van der Waals surface area contributed by atoms with Gasteiger partial charge in [0.2, 0.25) is 0 Å². The highest BCUT2D eigenvalue weighted by atomic mass is 19.1. The van der Waals surface area contributed by atoms with E-state index in [0.29, 0.717) is 31.0 Å². The molecule has 0 aliphatic carbocycles. The van der Waals surface area contributed by atoms with Crippen molar-refractivity contribution in [3.8, 4) is 0 Å². The van der Waals surface area contributed by atoms with Gasteiger partial charge in [0, 0.05) is 30.6 Å². The maximum Gasteiger partial charge on any atom is 0.252 e. The molecule has 9 heteroatoms. The van der Waals surface area contributed by atoms with Gasteiger partial charge in [-0.3, -0.25) is 9.69 Å². The Bertz CT molecular complexity index is 1430. The van der Waals surface area contributed by atoms with Crippen molar-refractivity contribution in [1.29, 1.82) is 0 Å². The van der Waals surface area contributed by atoms with E-state index in [1.807, 2.05) is 19.1 Å². The molecular formula is C28H33FN6O2. The summed E-state index contributed by atoms with van der Waals surface area (Å²) in [5, 5.41) is 13.7. The zero-order valence-corrected chi connectivity index (χ0v) is 21.6. The summed E-state index contributed by atoms with van der Waals surface area (Å²) in [6, 6.07) is 12.4. The Labute approximate surface area is 215 Å². The molecule has 5 rings (SSSR count). The summed E-state index contributed by atoms with van der Waals surface area (Å²) in [7, 11) is 0. The number of nitrogens with one attached hydrogen (secondary N) is 1. The number of rotatable bonds is 9. The molecule has 8 nitrogen and oxygen atoms in total. The van der Waals surface area contributed by atoms with Crippen molar-refractivity contribution in [2.45, 2.75) is 65.3 Å². The number of fused-ring (bicyclic) bond motifs is 1. The number of nitrogens with zero attached hydrogens (tertiary/aromatic N) is 5. The predicted octanol–water partition coefficient (Wildman–Crippen LogP) is 4.45. The Kier molecular flexibility index (Phi) is 7.43. The molecule has 0 radical (unpaired) electrons. The Morgan fingerprint density at radius 3 is 2.70 bits per heavy atom. The number of H-pyrrole nitrogens is 1. The molecule has 1 N–H and O–H groups in total. The molecule has 0 amide bonds. The van der Waals surface area contributed by atoms with Crippen LogP contribution in [-0.4, -0.2) is 49.3 Å². The Morgan fingerprint density at radius 1 is 1.19 bits per heavy atom. The van der Waals surface area contributed by atoms with Gasteiger partial charge >= 0.3 is 0 Å². The minimum absolute atomic E-state index is 0.0840. The number of aromatic amines is 1. The van der Waals surface area contributed by atoms with E-state index in [2.05, 4.69) is 45.3 Å². The zero-order valence-electron chi connectivity index (χ0n) is 21.6. The van der Waals surface area contributed by atoms with Gasteiger partial charge in [0.1, 0.15) is 5.82 Å². The smallest absolute Gasteiger partial charge is 0.252 e. The van der Waals surface area contributed by atoms with Gasteiger partial charge in [-0.05, 0) is 78.4 Å². The van der Waals surface area contributed by atoms with E-state index in [-0.39, 0.29) is 23.5 Å². The first-order valence-electron chi connectivity index (χ1n) is 12.9. The molecule has 4 aromatic rings. The largest absolute Gasteiger partial charge is 0.377 e. The number of pyridine rings is 1. The predicted molar refractivity (Wildman–Crippen MR) is 140 cm³/mol. The lowest BCUT2D eigenvalue weighted by molar-refractivity contribution is 0.0489. The molecule has 2 aromatic carbocycles. The molecule has 37 heavy (non-hydrogen) atoms. The monoisotopic (exact) mass is 504 g/mol. The molecule has 1 fully saturated rings. The van der Waals surface area contributed by atoms with Crippen molar-refractivity contribution >= 4 is 10.9 Å². The van der Waals surface area contributed by atoms with Crippen LogP contribution in [0.25, 0.3) is 10.9 Å². The second-order valence-electron chi connectivity index (χ2n) is 9.92. The maximum absolute atomic E-state index is 13.4. The summed E-state index contributed by atoms with van der Waals surface area (Å²) in [6.07, 6.45) is 2.87. The van der Waals surface area contributed by atoms with Crippen molar-refractivity contribution in [2.75, 3.05) is 13.2 Å². The maximum atomic E-state index is 13.4. The summed E-state index contributed by atoms with van der Waals surface area (Å²) in [5.41, 5.74) is 4.59. The highest BCUT2D eigenvalue weighted by Gasteiger charge is 2.29. The van der Waals surface area contributed by atoms with E-state index >= 15 is 0 Å². The molecule has 3 heterocycles. The first kappa shape index (κ1) is 25.2. The van der Waals surface area contributed by atoms with Crippen LogP contribution in [0, 0.1) is 19.7 Å². The van der Waals surface area contributed by atoms with E-state index < -0.39 is 0 Å². The third-order valence-electron chi connectivity index (χ3n) is 7.29. The molecule has 2 aromatic heterocycles. The summed E-state index contributed by atoms with van der Waals surface area (Å²) < 4.78 is 21.2. The average molecular weight is 505 g/mol. The van der Waals surface area contributed by atoms with Crippen molar-refractivity contribution in [2.24, 2.45) is 0 Å². The summed E-state index contributed by atoms with van der Waals surface area (Å²) in [5.74, 6) is 0.440. The molecular weight excluding hydrogens is 471 g/mol. The van der Waals surface area contributed by atoms with Gasteiger partial charge in [-0.25, -0.2) is 9.07 Å². The van der Waals surface area contributed by atoms with Gasteiger partial charge in [-0.2, -0.15) is 0 Å². The molecule has 2 atom stereocenters. The van der Waals surface area contributed by atoms with Crippen LogP contribution in [0.15, 0.2) is 47.3 Å². The fraction of sp³-hybridized carbons (Fsp3) is 0.429. The van der Waals surface area contributed by atoms with E-state index in [9.17, 15) is 9.18 Å². The molecule has 194 valence electrons. The molecule has 0 unspecified atom stereocenters. The number of aromatic nitrogens is 5. The van der Waals surface area contributed by atoms with Gasteiger partial charge in [0.25, 0.3) is 5.56 Å². The summed E-state index contributed by atoms with van der Waals surface area (Å²) >= 11 is 0. The van der Waals surface area contributed by atoms with Crippen LogP contribution in [0.5, 0.6) is 0 Å². The number of benzene rings is 2. The lowest BCUT2D eigenvalue weighted by atomic mass is 10.0. The minimum Gasteiger partial charge on any atom is -0.377 e. The van der Waals surface area contributed by atoms with Gasteiger partial charge in [0.15, 0.2) is 5.82 Å². The van der Waals surface area contributed by atoms with Crippen LogP contribution in [0.4, 0.5) is 4.39 Å². The van der Waals surface area contributed by atoms with Crippen LogP contribution in [0.1, 0.15) is 60.3 Å². The van der Waals surface area contributed by atoms with Crippen LogP contribution in [0.2, 0.25) is 0 Å². The Balaban J connectivity index is 1.49. The molecule has 0 saturated carbocycles. The molecule has 0 bridgehead atoms. The van der Waals surface area contributed by atoms with E-state index in [0.717, 1.165) is 53.5 Å². The van der Waals surface area contributed by atoms with Crippen LogP contribution >= 0.6 is 0 Å². The number of hydrogen-bond donors (Lipinski definition) is 1. The van der Waals surface area contributed by atoms with Crippen LogP contribution in [0.3, 0.4) is 0 Å². The normalized spacial score (nSPS) is 16.6. The number of hydrogen-bond acceptors (Lipinski definition) is 6. The third-order valence-corrected chi connectivity index (χ3v) is 7.29. The molecule has 1 aliphatic rings. The molecule has 1 aliphatic heterocycles. The number of ether oxygens (including phenoxy) is 1. The highest BCUT2D eigenvalue weighted by molar-refractivity contribution is 5.85. The van der Waals surface area contributed by atoms with E-state index in [1.54, 1.807) is 16.8 Å². The van der Waals surface area contributed by atoms with Crippen LogP contribution in [-0.2, 0) is 17.8 Å². The Hall–Kier alpha value is -3.43. The number of tetrazole rings is 1. The standard InChI is InChI=1S/C28H33FN6O2/c1-4-25(27-31-32-33-35(27)15-20-9-11-22(29)12-10-20)34(17-23-6-5-13-37-23)16-21-14-24-18(2)7-8-19(3)26(24)30-28(21)36/h7-12,14,23,25H,4-6,13,15-17H2,1-3H3,(H,30,36)/t23-,25+/m0/s1. The minimum atomic E-state index is -0.277. The first-order chi connectivity index (χ1) is 17.9. The highest BCUT2D eigenvalue weighted by Crippen LogP contribution is 2.28. The summed E-state index contributed by atoms with van der Waals surface area (Å²) in [4.78, 5) is 18.6. The summed E-state index contributed by atoms with van der Waals surface area (Å²) in [6.45, 7) is 8.48. The zero-order chi connectivity index (χ0) is 25.9. The number of aryl methyl sites for hydroxylation is 2. The average Bonchev–Trinajstić information content (AvgIpc) is 3.57. The van der Waals surface area contributed by atoms with Gasteiger partial charge < -0.3 is 9.72 Å². The van der Waals surface area contributed by atoms with Gasteiger partial charge in [-0.1, -0.05) is 31.2 Å². The van der Waals surface area contributed by atoms with Crippen molar-refractivity contribution in [3.05, 3.63) is 86.7 Å². The van der Waals surface area contributed by atoms with Gasteiger partial charge in [0.05, 0.1) is 24.2 Å². The first-order valence-corrected chi connectivity index (χ1v) is 12.9. The second-order valence-corrected chi connectivity index (χ2v) is 9.92. The molecule has 1 saturated heterocycles. The van der Waals surface area contributed by atoms with Crippen molar-refractivity contribution < 1.29 is 9.13 Å². The third kappa shape index (κ3) is 5.47. The lowest BCUT2D eigenvalue weighted by Crippen LogP contribution is -2.37. The quantitative estimate of drug-likeness (QED) is 0.362. The second kappa shape index (κ2) is 10.9. The van der Waals surface area contributed by atoms with E-state index in [4.69, 9.17) is 4.74 Å². The van der Waals surface area contributed by atoms with E-state index in [1.165, 1.54) is 12.1 Å². The van der Waals surface area contributed by atoms with Gasteiger partial charge in [-0.15, -0.1) is 5.10 Å². The Morgan fingerprint density at radius 2 is 1.97 bits per heavy atom. The van der Waals surface area contributed by atoms with Crippen molar-refractivity contribution in [1.82, 2.24) is 30.1 Å². The topological polar surface area (TPSA) is 88.9 Å². The SMILES string of the molecule is CC[C@H](c1nnnn1Cc1ccc(F)cc1)N(Cc1cc2c(C)ccc(C)c2[nH]c1=O)C[C@@H]1CCCO1. The lowest BCUT2D eigenvalue weighted by Gasteiger charge is -2.32. The fourth-order valence-electron chi connectivity index (χ4n) is 5.24.